The van der Waals surface area contributed by atoms with Crippen LogP contribution in [0.3, 0.4) is 0 Å². The van der Waals surface area contributed by atoms with Crippen LogP contribution in [0.25, 0.3) is 0 Å². The fraction of sp³-hybridized carbons (Fsp3) is 0.391. The molecule has 1 aliphatic heterocycles. The van der Waals surface area contributed by atoms with Gasteiger partial charge in [-0.25, -0.2) is 18.1 Å². The highest BCUT2D eigenvalue weighted by Crippen LogP contribution is 2.30. The first-order valence-corrected chi connectivity index (χ1v) is 13.5. The lowest BCUT2D eigenvalue weighted by molar-refractivity contribution is -0.137. The topological polar surface area (TPSA) is 87.7 Å². The molecule has 0 bridgehead atoms. The molecule has 0 amide bonds. The van der Waals surface area contributed by atoms with Crippen molar-refractivity contribution in [2.45, 2.75) is 17.5 Å². The van der Waals surface area contributed by atoms with Crippen molar-refractivity contribution in [3.05, 3.63) is 65.5 Å². The highest BCUT2D eigenvalue weighted by molar-refractivity contribution is 7.89. The maximum Gasteiger partial charge on any atom is 0.416 e. The fourth-order valence-electron chi connectivity index (χ4n) is 3.83. The Morgan fingerprint density at radius 1 is 1.08 bits per heavy atom. The van der Waals surface area contributed by atoms with Crippen LogP contribution in [-0.2, 0) is 22.6 Å². The van der Waals surface area contributed by atoms with E-state index in [1.807, 2.05) is 24.3 Å². The highest BCUT2D eigenvalue weighted by Gasteiger charge is 2.31. The number of sulfonamides is 1. The Labute approximate surface area is 211 Å². The van der Waals surface area contributed by atoms with Crippen molar-refractivity contribution in [1.82, 2.24) is 19.0 Å². The molecule has 13 heteroatoms. The Morgan fingerprint density at radius 3 is 2.56 bits per heavy atom. The van der Waals surface area contributed by atoms with Gasteiger partial charge in [0, 0.05) is 57.2 Å². The van der Waals surface area contributed by atoms with E-state index in [-0.39, 0.29) is 6.54 Å². The first-order valence-electron chi connectivity index (χ1n) is 11.2. The van der Waals surface area contributed by atoms with Gasteiger partial charge in [-0.2, -0.15) is 17.5 Å². The van der Waals surface area contributed by atoms with Crippen LogP contribution in [0.1, 0.15) is 17.0 Å². The predicted molar refractivity (Wildman–Crippen MR) is 131 cm³/mol. The van der Waals surface area contributed by atoms with E-state index < -0.39 is 26.7 Å². The average molecular weight is 542 g/mol. The van der Waals surface area contributed by atoms with Gasteiger partial charge in [-0.05, 0) is 35.9 Å². The number of hydrogen-bond donors (Lipinski definition) is 1. The zero-order valence-corrected chi connectivity index (χ0v) is 21.2. The lowest BCUT2D eigenvalue weighted by Gasteiger charge is -2.34. The van der Waals surface area contributed by atoms with Crippen LogP contribution in [0.2, 0.25) is 0 Å². The molecule has 0 radical (unpaired) electrons. The third-order valence-corrected chi connectivity index (χ3v) is 8.06. The summed E-state index contributed by atoms with van der Waals surface area (Å²) >= 11 is 1.35. The van der Waals surface area contributed by atoms with Gasteiger partial charge in [0.05, 0.1) is 17.6 Å². The molecule has 0 saturated carbocycles. The zero-order chi connectivity index (χ0) is 25.8. The summed E-state index contributed by atoms with van der Waals surface area (Å²) in [5.74, 6) is 1.53. The van der Waals surface area contributed by atoms with Crippen molar-refractivity contribution < 1.29 is 26.3 Å². The number of nitrogens with zero attached hydrogens (tertiary/aromatic N) is 4. The summed E-state index contributed by atoms with van der Waals surface area (Å²) in [5, 5.41) is 0.845. The average Bonchev–Trinajstić information content (AvgIpc) is 3.32. The molecule has 1 aliphatic rings. The number of hydrogen-bond acceptors (Lipinski definition) is 8. The Morgan fingerprint density at radius 2 is 1.83 bits per heavy atom. The molecule has 194 valence electrons. The molecule has 0 unspecified atom stereocenters. The molecule has 2 heterocycles. The number of aromatic nitrogens is 2. The minimum absolute atomic E-state index is 0.0993. The van der Waals surface area contributed by atoms with Gasteiger partial charge in [0.25, 0.3) is 0 Å². The largest absolute Gasteiger partial charge is 0.497 e. The summed E-state index contributed by atoms with van der Waals surface area (Å²) in [6.07, 6.45) is -3.99. The summed E-state index contributed by atoms with van der Waals surface area (Å²) in [6, 6.07) is 11.5. The van der Waals surface area contributed by atoms with Crippen LogP contribution in [0.15, 0.2) is 53.4 Å². The van der Waals surface area contributed by atoms with E-state index in [0.717, 1.165) is 40.5 Å². The van der Waals surface area contributed by atoms with Gasteiger partial charge in [0.2, 0.25) is 15.2 Å². The summed E-state index contributed by atoms with van der Waals surface area (Å²) < 4.78 is 75.7. The molecule has 1 aromatic heterocycles. The molecule has 1 saturated heterocycles. The number of halogens is 3. The van der Waals surface area contributed by atoms with Crippen LogP contribution in [0.5, 0.6) is 5.75 Å². The molecule has 8 nitrogen and oxygen atoms in total. The summed E-state index contributed by atoms with van der Waals surface area (Å²) in [4.78, 5) is 8.51. The Hall–Kier alpha value is -2.74. The predicted octanol–water partition coefficient (Wildman–Crippen LogP) is 3.26. The monoisotopic (exact) mass is 541 g/mol. The van der Waals surface area contributed by atoms with Gasteiger partial charge in [-0.1, -0.05) is 18.2 Å². The van der Waals surface area contributed by atoms with E-state index in [9.17, 15) is 21.6 Å². The highest BCUT2D eigenvalue weighted by atomic mass is 32.2. The number of piperazine rings is 1. The van der Waals surface area contributed by atoms with E-state index in [0.29, 0.717) is 45.2 Å². The van der Waals surface area contributed by atoms with E-state index >= 15 is 0 Å². The number of ether oxygens (including phenoxy) is 1. The number of alkyl halides is 3. The van der Waals surface area contributed by atoms with Crippen molar-refractivity contribution in [3.63, 3.8) is 0 Å². The second-order valence-corrected chi connectivity index (χ2v) is 10.8. The third-order valence-electron chi connectivity index (χ3n) is 5.79. The van der Waals surface area contributed by atoms with Gasteiger partial charge < -0.3 is 9.64 Å². The van der Waals surface area contributed by atoms with Crippen molar-refractivity contribution in [2.75, 3.05) is 51.3 Å². The first-order chi connectivity index (χ1) is 17.1. The maximum absolute atomic E-state index is 12.9. The normalized spacial score (nSPS) is 15.3. The van der Waals surface area contributed by atoms with Crippen molar-refractivity contribution in [2.24, 2.45) is 0 Å². The molecule has 1 fully saturated rings. The Kier molecular flexibility index (Phi) is 8.13. The number of nitrogens with one attached hydrogen (secondary N) is 1. The summed E-state index contributed by atoms with van der Waals surface area (Å²) in [5.41, 5.74) is 0.0703. The van der Waals surface area contributed by atoms with E-state index in [4.69, 9.17) is 4.74 Å². The molecule has 0 atom stereocenters. The molecule has 36 heavy (non-hydrogen) atoms. The van der Waals surface area contributed by atoms with Gasteiger partial charge >= 0.3 is 6.18 Å². The molecular weight excluding hydrogens is 515 g/mol. The Balaban J connectivity index is 1.24. The molecular formula is C23H26F3N5O3S2. The molecule has 3 aromatic rings. The first kappa shape index (κ1) is 26.3. The zero-order valence-electron chi connectivity index (χ0n) is 19.5. The van der Waals surface area contributed by atoms with Crippen LogP contribution in [-0.4, -0.2) is 69.1 Å². The standard InChI is InChI=1S/C23H26F3N5O3S2/c1-34-19-6-2-4-17(14-19)15-21-28-22(35-29-21)31-12-10-30(11-13-31)9-8-27-36(32,33)20-7-3-5-18(16-20)23(24,25)26/h2-7,14,16,27H,8-13,15H2,1H3. The van der Waals surface area contributed by atoms with E-state index in [1.165, 1.54) is 11.5 Å². The minimum Gasteiger partial charge on any atom is -0.497 e. The molecule has 0 spiro atoms. The number of rotatable bonds is 9. The maximum atomic E-state index is 12.9. The van der Waals surface area contributed by atoms with Crippen LogP contribution >= 0.6 is 11.5 Å². The van der Waals surface area contributed by atoms with Gasteiger partial charge in [0.1, 0.15) is 11.6 Å². The SMILES string of the molecule is COc1cccc(Cc2nsc(N3CCN(CCNS(=O)(=O)c4cccc(C(F)(F)F)c4)CC3)n2)c1. The second-order valence-electron chi connectivity index (χ2n) is 8.27. The lowest BCUT2D eigenvalue weighted by Crippen LogP contribution is -2.48. The van der Waals surface area contributed by atoms with Crippen LogP contribution < -0.4 is 14.4 Å². The van der Waals surface area contributed by atoms with E-state index in [2.05, 4.69) is 23.9 Å². The Bertz CT molecular complexity index is 1280. The molecule has 4 rings (SSSR count). The third kappa shape index (κ3) is 6.72. The fourth-order valence-corrected chi connectivity index (χ4v) is 5.64. The van der Waals surface area contributed by atoms with Crippen molar-refractivity contribution in [1.29, 1.82) is 0 Å². The van der Waals surface area contributed by atoms with Crippen LogP contribution in [0, 0.1) is 0 Å². The minimum atomic E-state index is -4.60. The van der Waals surface area contributed by atoms with Gasteiger partial charge in [-0.3, -0.25) is 4.90 Å². The molecule has 1 N–H and O–H groups in total. The number of anilines is 1. The van der Waals surface area contributed by atoms with Gasteiger partial charge in [-0.15, -0.1) is 0 Å². The van der Waals surface area contributed by atoms with Gasteiger partial charge in [0.15, 0.2) is 0 Å². The quantitative estimate of drug-likeness (QED) is 0.445. The van der Waals surface area contributed by atoms with Crippen molar-refractivity contribution in [3.8, 4) is 5.75 Å². The smallest absolute Gasteiger partial charge is 0.416 e. The summed E-state index contributed by atoms with van der Waals surface area (Å²) in [6.45, 7) is 3.39. The summed E-state index contributed by atoms with van der Waals surface area (Å²) in [7, 11) is -2.41. The lowest BCUT2D eigenvalue weighted by atomic mass is 10.1. The second kappa shape index (κ2) is 11.1. The molecule has 2 aromatic carbocycles. The van der Waals surface area contributed by atoms with E-state index in [1.54, 1.807) is 7.11 Å². The number of benzene rings is 2. The van der Waals surface area contributed by atoms with Crippen molar-refractivity contribution >= 4 is 26.7 Å². The van der Waals surface area contributed by atoms with Crippen LogP contribution in [0.4, 0.5) is 18.3 Å². The molecule has 0 aliphatic carbocycles. The number of methoxy groups -OCH3 is 1.